The number of nitrogens with zero attached hydrogens (tertiary/aromatic N) is 1. The number of para-hydroxylation sites is 1. The first-order valence-corrected chi connectivity index (χ1v) is 4.87. The summed E-state index contributed by atoms with van der Waals surface area (Å²) in [4.78, 5) is 15.0. The van der Waals surface area contributed by atoms with E-state index in [1.807, 2.05) is 12.1 Å². The van der Waals surface area contributed by atoms with E-state index in [0.29, 0.717) is 11.3 Å². The minimum atomic E-state index is -0.578. The number of hydrogen-bond donors (Lipinski definition) is 0. The van der Waals surface area contributed by atoms with Crippen LogP contribution in [-0.4, -0.2) is 18.9 Å². The normalized spacial score (nSPS) is 8.06. The Morgan fingerprint density at radius 3 is 2.94 bits per heavy atom. The molecule has 0 aliphatic carbocycles. The van der Waals surface area contributed by atoms with Gasteiger partial charge in [0.05, 0.1) is 18.4 Å². The van der Waals surface area contributed by atoms with Crippen LogP contribution in [-0.2, 0) is 9.53 Å². The Kier molecular flexibility index (Phi) is 5.03. The van der Waals surface area contributed by atoms with E-state index in [-0.39, 0.29) is 0 Å². The Balaban J connectivity index is 3.07. The van der Waals surface area contributed by atoms with Crippen LogP contribution in [0.5, 0.6) is 0 Å². The van der Waals surface area contributed by atoms with Crippen molar-refractivity contribution in [3.63, 3.8) is 0 Å². The van der Waals surface area contributed by atoms with Gasteiger partial charge < -0.3 is 4.74 Å². The Morgan fingerprint density at radius 2 is 2.24 bits per heavy atom. The van der Waals surface area contributed by atoms with Crippen molar-refractivity contribution in [3.05, 3.63) is 48.6 Å². The maximum atomic E-state index is 10.9. The summed E-state index contributed by atoms with van der Waals surface area (Å²) in [6.07, 6.45) is 3.16. The zero-order valence-corrected chi connectivity index (χ0v) is 9.43. The number of carbonyl (C=O) groups excluding carboxylic acids is 1. The van der Waals surface area contributed by atoms with Gasteiger partial charge >= 0.3 is 5.97 Å². The molecule has 0 atom stereocenters. The summed E-state index contributed by atoms with van der Waals surface area (Å²) in [6.45, 7) is 3.52. The molecule has 1 aromatic carbocycles. The second kappa shape index (κ2) is 6.84. The summed E-state index contributed by atoms with van der Waals surface area (Å²) in [6, 6.07) is 7.20. The Morgan fingerprint density at radius 1 is 1.47 bits per heavy atom. The molecule has 0 aromatic heterocycles. The first kappa shape index (κ1) is 12.5. The molecule has 0 bridgehead atoms. The molecule has 1 aromatic rings. The molecule has 17 heavy (non-hydrogen) atoms. The van der Waals surface area contributed by atoms with Crippen molar-refractivity contribution in [2.45, 2.75) is 0 Å². The van der Waals surface area contributed by atoms with Gasteiger partial charge in [0.2, 0.25) is 0 Å². The molecule has 0 amide bonds. The number of carbonyl (C=O) groups is 1. The molecule has 0 saturated heterocycles. The van der Waals surface area contributed by atoms with Gasteiger partial charge in [0.25, 0.3) is 0 Å². The fourth-order valence-corrected chi connectivity index (χ4v) is 1.01. The van der Waals surface area contributed by atoms with E-state index in [9.17, 15) is 4.79 Å². The highest BCUT2D eigenvalue weighted by atomic mass is 16.5. The zero-order chi connectivity index (χ0) is 12.5. The summed E-state index contributed by atoms with van der Waals surface area (Å²) in [7, 11) is 1.29. The van der Waals surface area contributed by atoms with Gasteiger partial charge in [-0.1, -0.05) is 30.7 Å². The third-order valence-corrected chi connectivity index (χ3v) is 1.77. The molecule has 3 nitrogen and oxygen atoms in total. The average Bonchev–Trinajstić information content (AvgIpc) is 2.37. The predicted molar refractivity (Wildman–Crippen MR) is 67.2 cm³/mol. The van der Waals surface area contributed by atoms with Crippen LogP contribution in [0.2, 0.25) is 0 Å². The number of ether oxygens (including phenoxy) is 1. The van der Waals surface area contributed by atoms with Crippen molar-refractivity contribution in [2.75, 3.05) is 7.11 Å². The lowest BCUT2D eigenvalue weighted by Gasteiger charge is -1.94. The van der Waals surface area contributed by atoms with Gasteiger partial charge in [-0.3, -0.25) is 0 Å². The molecule has 0 heterocycles. The number of rotatable bonds is 2. The number of aliphatic imine (C=N–C) groups is 1. The maximum absolute atomic E-state index is 10.9. The van der Waals surface area contributed by atoms with Gasteiger partial charge in [0, 0.05) is 5.92 Å². The smallest absolute Gasteiger partial charge is 0.384 e. The highest BCUT2D eigenvalue weighted by Gasteiger charge is 1.96. The molecular weight excluding hydrogens is 214 g/mol. The number of allylic oxidation sites excluding steroid dienone is 2. The van der Waals surface area contributed by atoms with Crippen LogP contribution in [0.1, 0.15) is 5.56 Å². The predicted octanol–water partition coefficient (Wildman–Crippen LogP) is 2.25. The van der Waals surface area contributed by atoms with Crippen molar-refractivity contribution >= 4 is 17.5 Å². The van der Waals surface area contributed by atoms with E-state index in [1.54, 1.807) is 24.3 Å². The molecule has 0 N–H and O–H groups in total. The van der Waals surface area contributed by atoms with E-state index in [2.05, 4.69) is 34.0 Å². The first-order chi connectivity index (χ1) is 8.27. The van der Waals surface area contributed by atoms with Crippen molar-refractivity contribution in [1.82, 2.24) is 0 Å². The molecule has 3 heteroatoms. The van der Waals surface area contributed by atoms with Crippen molar-refractivity contribution in [2.24, 2.45) is 4.99 Å². The summed E-state index contributed by atoms with van der Waals surface area (Å²) in [5, 5.41) is 0. The quantitative estimate of drug-likeness (QED) is 0.335. The minimum absolute atomic E-state index is 0.578. The van der Waals surface area contributed by atoms with Gasteiger partial charge in [0.15, 0.2) is 0 Å². The molecule has 0 fully saturated rings. The summed E-state index contributed by atoms with van der Waals surface area (Å²) < 4.78 is 4.43. The van der Waals surface area contributed by atoms with E-state index in [1.165, 1.54) is 7.11 Å². The molecule has 84 valence electrons. The van der Waals surface area contributed by atoms with Crippen LogP contribution in [0.25, 0.3) is 0 Å². The Hall–Kier alpha value is -2.56. The van der Waals surface area contributed by atoms with Crippen LogP contribution >= 0.6 is 0 Å². The molecular formula is C14H11NO2. The number of methoxy groups -OCH3 is 1. The van der Waals surface area contributed by atoms with E-state index >= 15 is 0 Å². The van der Waals surface area contributed by atoms with Crippen LogP contribution in [0.3, 0.4) is 0 Å². The average molecular weight is 225 g/mol. The number of esters is 1. The van der Waals surface area contributed by atoms with Crippen molar-refractivity contribution in [1.29, 1.82) is 0 Å². The van der Waals surface area contributed by atoms with Gasteiger partial charge in [0.1, 0.15) is 0 Å². The SMILES string of the molecule is C=CC=C=Nc1ccccc1C#CC(=O)OC. The molecule has 1 rings (SSSR count). The van der Waals surface area contributed by atoms with Gasteiger partial charge in [-0.2, -0.15) is 0 Å². The Labute approximate surface area is 100 Å². The van der Waals surface area contributed by atoms with E-state index in [4.69, 9.17) is 0 Å². The molecule has 0 spiro atoms. The number of benzene rings is 1. The topological polar surface area (TPSA) is 38.7 Å². The molecule has 0 aliphatic rings. The Bertz CT molecular complexity index is 541. The largest absolute Gasteiger partial charge is 0.459 e. The van der Waals surface area contributed by atoms with Crippen LogP contribution < -0.4 is 0 Å². The third-order valence-electron chi connectivity index (χ3n) is 1.77. The van der Waals surface area contributed by atoms with Crippen LogP contribution in [0.15, 0.2) is 48.0 Å². The minimum Gasteiger partial charge on any atom is -0.459 e. The first-order valence-electron chi connectivity index (χ1n) is 4.87. The lowest BCUT2D eigenvalue weighted by molar-refractivity contribution is -0.133. The van der Waals surface area contributed by atoms with Gasteiger partial charge in [-0.15, -0.1) is 0 Å². The number of hydrogen-bond acceptors (Lipinski definition) is 3. The molecule has 0 unspecified atom stereocenters. The van der Waals surface area contributed by atoms with E-state index in [0.717, 1.165) is 0 Å². The fraction of sp³-hybridized carbons (Fsp3) is 0.0714. The summed E-state index contributed by atoms with van der Waals surface area (Å²) >= 11 is 0. The second-order valence-corrected chi connectivity index (χ2v) is 2.90. The lowest BCUT2D eigenvalue weighted by Crippen LogP contribution is -1.94. The highest BCUT2D eigenvalue weighted by Crippen LogP contribution is 2.16. The molecule has 0 radical (unpaired) electrons. The van der Waals surface area contributed by atoms with Gasteiger partial charge in [-0.25, -0.2) is 9.79 Å². The van der Waals surface area contributed by atoms with Gasteiger partial charge in [-0.05, 0) is 24.1 Å². The van der Waals surface area contributed by atoms with Crippen molar-refractivity contribution in [3.8, 4) is 11.8 Å². The fourth-order valence-electron chi connectivity index (χ4n) is 1.01. The van der Waals surface area contributed by atoms with Crippen LogP contribution in [0.4, 0.5) is 5.69 Å². The summed E-state index contributed by atoms with van der Waals surface area (Å²) in [5.74, 6) is 7.16. The highest BCUT2D eigenvalue weighted by molar-refractivity contribution is 5.89. The molecule has 0 aliphatic heterocycles. The van der Waals surface area contributed by atoms with Crippen molar-refractivity contribution < 1.29 is 9.53 Å². The molecule has 0 saturated carbocycles. The maximum Gasteiger partial charge on any atom is 0.384 e. The van der Waals surface area contributed by atoms with E-state index < -0.39 is 5.97 Å². The zero-order valence-electron chi connectivity index (χ0n) is 9.43. The van der Waals surface area contributed by atoms with Crippen LogP contribution in [0, 0.1) is 11.8 Å². The second-order valence-electron chi connectivity index (χ2n) is 2.90. The monoisotopic (exact) mass is 225 g/mol. The standard InChI is InChI=1S/C14H11NO2/c1-3-4-11-15-13-8-6-5-7-12(13)9-10-14(16)17-2/h3-8H,1H2,2H3. The lowest BCUT2D eigenvalue weighted by atomic mass is 10.2. The third kappa shape index (κ3) is 4.21. The summed E-state index contributed by atoms with van der Waals surface area (Å²) in [5.41, 5.74) is 1.28.